The van der Waals surface area contributed by atoms with Gasteiger partial charge in [-0.25, -0.2) is 19.6 Å². The molecule has 6 heterocycles. The molecule has 2 saturated carbocycles. The number of likely N-dealkylation sites (tertiary alicyclic amines) is 2. The van der Waals surface area contributed by atoms with Crippen molar-refractivity contribution in [3.8, 4) is 0 Å². The van der Waals surface area contributed by atoms with Gasteiger partial charge < -0.3 is 69.5 Å². The highest BCUT2D eigenvalue weighted by molar-refractivity contribution is 6.30. The standard InChI is InChI=1S/C45H54ClN5O7.C45H52ClN5O7/c2*46-34-18-15-33(16-19-34)28-56-35-26-39(42(53)48-38(25-31-9-3-1-4-10-31)41(52)43-49-36-13-7-8-14-40(36)58-43)51(27-35)44(54)37(20-17-30-21-23-47-24-22-30)50-45(55)57-29-32-11-5-2-6-12-32/h2,5-8,11-16,18-19,30-31,35,37-39,47H,1,3-4,9-10,17,20-29H2,(H,48,53)(H,50,55);2,5-8,11-19,31,35,37-39,47H,1,3-4,9-10,20-29H2,(H,48,53)(H,50,55)/t2*35-,37-,38+,39+/m11/s1. The molecule has 6 aliphatic rings. The summed E-state index contributed by atoms with van der Waals surface area (Å²) in [4.78, 5) is 126. The molecule has 26 heteroatoms. The lowest BCUT2D eigenvalue weighted by Crippen LogP contribution is -2.55. The molecule has 6 N–H and O–H groups in total. The predicted octanol–water partition coefficient (Wildman–Crippen LogP) is 14.7. The van der Waals surface area contributed by atoms with E-state index in [1.807, 2.05) is 115 Å². The topological polar surface area (TPSA) is 304 Å². The van der Waals surface area contributed by atoms with Gasteiger partial charge in [0.05, 0.1) is 37.5 Å². The third-order valence-corrected chi connectivity index (χ3v) is 23.7. The number of ketones is 2. The van der Waals surface area contributed by atoms with Crippen LogP contribution in [0.25, 0.3) is 22.2 Å². The summed E-state index contributed by atoms with van der Waals surface area (Å²) in [7, 11) is 0. The first-order valence-corrected chi connectivity index (χ1v) is 42.1. The second-order valence-corrected chi connectivity index (χ2v) is 32.4. The molecule has 0 unspecified atom stereocenters. The highest BCUT2D eigenvalue weighted by Crippen LogP contribution is 2.34. The van der Waals surface area contributed by atoms with Gasteiger partial charge in [-0.15, -0.1) is 0 Å². The van der Waals surface area contributed by atoms with Crippen LogP contribution in [0.5, 0.6) is 0 Å². The molecule has 14 rings (SSSR count). The summed E-state index contributed by atoms with van der Waals surface area (Å²) in [5.41, 5.74) is 6.71. The zero-order chi connectivity index (χ0) is 80.5. The number of rotatable bonds is 31. The van der Waals surface area contributed by atoms with E-state index < -0.39 is 95.8 Å². The van der Waals surface area contributed by atoms with E-state index in [1.54, 1.807) is 48.5 Å². The molecule has 0 bridgehead atoms. The minimum atomic E-state index is -1.02. The van der Waals surface area contributed by atoms with Crippen LogP contribution in [-0.4, -0.2) is 155 Å². The number of alkyl carbamates (subject to hydrolysis) is 2. The Morgan fingerprint density at radius 3 is 1.33 bits per heavy atom. The van der Waals surface area contributed by atoms with E-state index in [-0.39, 0.29) is 82.4 Å². The van der Waals surface area contributed by atoms with Crippen molar-refractivity contribution < 1.29 is 66.1 Å². The van der Waals surface area contributed by atoms with Crippen LogP contribution < -0.4 is 31.9 Å². The van der Waals surface area contributed by atoms with Crippen LogP contribution >= 0.6 is 23.2 Å². The quantitative estimate of drug-likeness (QED) is 0.0174. The summed E-state index contributed by atoms with van der Waals surface area (Å²) in [5.74, 6) is -1.80. The molecule has 116 heavy (non-hydrogen) atoms. The third-order valence-electron chi connectivity index (χ3n) is 23.2. The number of hydrogen-bond acceptors (Lipinski definition) is 18. The first-order valence-electron chi connectivity index (χ1n) is 41.3. The lowest BCUT2D eigenvalue weighted by molar-refractivity contribution is -0.140. The Bertz CT molecular complexity index is 4530. The second-order valence-electron chi connectivity index (χ2n) is 31.5. The summed E-state index contributed by atoms with van der Waals surface area (Å²) in [5, 5.41) is 19.7. The van der Waals surface area contributed by atoms with Gasteiger partial charge >= 0.3 is 12.2 Å². The molecule has 614 valence electrons. The Morgan fingerprint density at radius 1 is 0.457 bits per heavy atom. The first kappa shape index (κ1) is 84.1. The van der Waals surface area contributed by atoms with Crippen LogP contribution in [0.4, 0.5) is 9.59 Å². The van der Waals surface area contributed by atoms with Crippen molar-refractivity contribution in [2.24, 2.45) is 17.8 Å². The number of nitrogens with one attached hydrogen (secondary N) is 6. The fourth-order valence-electron chi connectivity index (χ4n) is 16.7. The molecule has 4 saturated heterocycles. The minimum Gasteiger partial charge on any atom is -0.445 e. The van der Waals surface area contributed by atoms with Crippen molar-refractivity contribution in [1.82, 2.24) is 51.7 Å². The SMILES string of the molecule is O=C(N[C@H](CC=C1CCNCC1)C(=O)N1C[C@H](OCc2ccc(Cl)cc2)C[C@H]1C(=O)N[C@@H](CC1CCCCC1)C(=O)c1nc2ccccc2o1)OCc1ccccc1.O=C(N[C@H](CCC1CCNCC1)C(=O)N1C[C@H](OCc2ccc(Cl)cc2)C[C@H]1C(=O)N[C@@H](CC1CCCCC1)C(=O)c1nc2ccccc2o1)OCc1ccccc1. The van der Waals surface area contributed by atoms with Crippen LogP contribution in [0.3, 0.4) is 0 Å². The molecule has 6 fully saturated rings. The normalized spacial score (nSPS) is 19.9. The van der Waals surface area contributed by atoms with Crippen LogP contribution in [0.2, 0.25) is 10.0 Å². The predicted molar refractivity (Wildman–Crippen MR) is 440 cm³/mol. The fraction of sp³-hybridized carbons (Fsp3) is 0.467. The molecule has 24 nitrogen and oxygen atoms in total. The van der Waals surface area contributed by atoms with Gasteiger partial charge in [0.15, 0.2) is 11.2 Å². The van der Waals surface area contributed by atoms with Crippen LogP contribution in [0.15, 0.2) is 178 Å². The van der Waals surface area contributed by atoms with E-state index in [4.69, 9.17) is 51.0 Å². The van der Waals surface area contributed by atoms with Crippen LogP contribution in [0, 0.1) is 17.8 Å². The Labute approximate surface area is 687 Å². The highest BCUT2D eigenvalue weighted by Gasteiger charge is 2.47. The van der Waals surface area contributed by atoms with E-state index in [9.17, 15) is 38.4 Å². The first-order chi connectivity index (χ1) is 56.6. The number of halogens is 2. The Kier molecular flexibility index (Phi) is 30.7. The zero-order valence-electron chi connectivity index (χ0n) is 65.6. The third kappa shape index (κ3) is 24.2. The van der Waals surface area contributed by atoms with Gasteiger partial charge in [0, 0.05) is 36.0 Å². The van der Waals surface area contributed by atoms with Crippen molar-refractivity contribution in [1.29, 1.82) is 0 Å². The van der Waals surface area contributed by atoms with Crippen LogP contribution in [0.1, 0.15) is 178 Å². The molecule has 0 spiro atoms. The number of aromatic nitrogens is 2. The Balaban J connectivity index is 0.000000202. The lowest BCUT2D eigenvalue weighted by atomic mass is 9.84. The fourth-order valence-corrected chi connectivity index (χ4v) is 16.9. The number of nitrogens with zero attached hydrogens (tertiary/aromatic N) is 4. The summed E-state index contributed by atoms with van der Waals surface area (Å²) < 4.78 is 35.6. The maximum absolute atomic E-state index is 14.8. The number of piperidine rings is 2. The van der Waals surface area contributed by atoms with Crippen LogP contribution in [-0.2, 0) is 64.6 Å². The smallest absolute Gasteiger partial charge is 0.408 e. The molecule has 2 aromatic heterocycles. The average molecular weight is 1620 g/mol. The van der Waals surface area contributed by atoms with Gasteiger partial charge in [0.2, 0.25) is 35.2 Å². The molecule has 6 aromatic carbocycles. The van der Waals surface area contributed by atoms with Gasteiger partial charge in [-0.1, -0.05) is 208 Å². The molecule has 2 aliphatic carbocycles. The Morgan fingerprint density at radius 2 is 0.871 bits per heavy atom. The maximum Gasteiger partial charge on any atom is 0.408 e. The molecule has 0 radical (unpaired) electrons. The molecule has 8 aromatic rings. The number of ether oxygens (including phenoxy) is 4. The van der Waals surface area contributed by atoms with Gasteiger partial charge in [-0.2, -0.15) is 0 Å². The monoisotopic (exact) mass is 1620 g/mol. The molecule has 6 amide bonds. The number of carbonyl (C=O) groups is 8. The molecule has 4 aliphatic heterocycles. The number of para-hydroxylation sites is 4. The Hall–Kier alpha value is -9.82. The molecular formula is C90H106Cl2N10O14. The summed E-state index contributed by atoms with van der Waals surface area (Å²) in [6.45, 7) is 4.29. The van der Waals surface area contributed by atoms with Crippen molar-refractivity contribution in [2.75, 3.05) is 39.3 Å². The average Bonchev–Trinajstić information content (AvgIpc) is 1.65. The van der Waals surface area contributed by atoms with Crippen molar-refractivity contribution in [3.05, 3.63) is 213 Å². The van der Waals surface area contributed by atoms with Gasteiger partial charge in [0.25, 0.3) is 11.8 Å². The molecular weight excluding hydrogens is 1520 g/mol. The number of oxazole rings is 2. The summed E-state index contributed by atoms with van der Waals surface area (Å²) in [6.07, 6.45) is 16.2. The largest absolute Gasteiger partial charge is 0.445 e. The number of Topliss-reactive ketones (excluding diaryl/α,β-unsaturated/α-hetero) is 2. The highest BCUT2D eigenvalue weighted by atomic mass is 35.5. The number of benzene rings is 6. The van der Waals surface area contributed by atoms with Crippen molar-refractivity contribution in [3.63, 3.8) is 0 Å². The lowest BCUT2D eigenvalue weighted by Gasteiger charge is -2.31. The van der Waals surface area contributed by atoms with Gasteiger partial charge in [0.1, 0.15) is 48.4 Å². The zero-order valence-corrected chi connectivity index (χ0v) is 67.1. The van der Waals surface area contributed by atoms with Crippen molar-refractivity contribution in [2.45, 2.75) is 210 Å². The molecule has 8 atom stereocenters. The van der Waals surface area contributed by atoms with E-state index in [0.29, 0.717) is 57.4 Å². The number of carbonyl (C=O) groups excluding carboxylic acids is 8. The van der Waals surface area contributed by atoms with Gasteiger partial charge in [-0.05, 0) is 173 Å². The number of amides is 6. The van der Waals surface area contributed by atoms with Gasteiger partial charge in [-0.3, -0.25) is 28.8 Å². The van der Waals surface area contributed by atoms with E-state index in [2.05, 4.69) is 41.9 Å². The van der Waals surface area contributed by atoms with E-state index in [0.717, 1.165) is 145 Å². The minimum absolute atomic E-state index is 0.0339. The summed E-state index contributed by atoms with van der Waals surface area (Å²) >= 11 is 12.2. The maximum atomic E-state index is 14.8. The number of fused-ring (bicyclic) bond motifs is 2. The number of hydrogen-bond donors (Lipinski definition) is 6. The van der Waals surface area contributed by atoms with E-state index in [1.165, 1.54) is 15.4 Å². The second kappa shape index (κ2) is 42.4. The van der Waals surface area contributed by atoms with E-state index >= 15 is 0 Å². The van der Waals surface area contributed by atoms with Crippen molar-refractivity contribution >= 4 is 92.8 Å². The summed E-state index contributed by atoms with van der Waals surface area (Å²) in [6, 6.07) is 41.9.